The summed E-state index contributed by atoms with van der Waals surface area (Å²) in [6, 6.07) is 0. The van der Waals surface area contributed by atoms with Gasteiger partial charge in [0.15, 0.2) is 11.6 Å². The van der Waals surface area contributed by atoms with Crippen LogP contribution in [0.25, 0.3) is 0 Å². The van der Waals surface area contributed by atoms with E-state index in [0.717, 1.165) is 6.42 Å². The molecular weight excluding hydrogens is 440 g/mol. The Labute approximate surface area is 230 Å². The molecule has 8 atom stereocenters. The molecule has 9 nitrogen and oxygen atoms in total. The first-order chi connectivity index (χ1) is 25.1. The Morgan fingerprint density at radius 2 is 1.24 bits per heavy atom. The van der Waals surface area contributed by atoms with Gasteiger partial charge in [0.05, 0.1) is 31.7 Å². The van der Waals surface area contributed by atoms with Crippen LogP contribution in [-0.4, -0.2) is 69.6 Å². The van der Waals surface area contributed by atoms with Crippen LogP contribution >= 0.6 is 0 Å². The third kappa shape index (κ3) is 5.31. The second kappa shape index (κ2) is 10.9. The third-order valence-electron chi connectivity index (χ3n) is 7.56. The summed E-state index contributed by atoms with van der Waals surface area (Å²) in [5.74, 6) is 0.349. The number of carbonyl (C=O) groups excluding carboxylic acids is 4. The number of hydrogen-bond donors (Lipinski definition) is 1. The Morgan fingerprint density at radius 1 is 0.824 bits per heavy atom. The molecule has 208 valence electrons. The fourth-order valence-corrected chi connectivity index (χ4v) is 4.91. The molecule has 2 fully saturated rings. The van der Waals surface area contributed by atoms with Gasteiger partial charge in [-0.1, -0.05) is 34.6 Å². The Hall–Kier alpha value is -2.36. The van der Waals surface area contributed by atoms with Crippen molar-refractivity contribution in [2.75, 3.05) is 6.61 Å². The number of aliphatic hydroxyl groups excluding tert-OH is 1. The van der Waals surface area contributed by atoms with Gasteiger partial charge in [0.2, 0.25) is 11.8 Å². The predicted octanol–water partition coefficient (Wildman–Crippen LogP) is 4.46. The van der Waals surface area contributed by atoms with Crippen molar-refractivity contribution in [3.63, 3.8) is 0 Å². The number of hydrogen-bond acceptors (Lipinski definition) is 7. The van der Waals surface area contributed by atoms with E-state index in [4.69, 9.17) is 36.2 Å². The van der Waals surface area contributed by atoms with Crippen LogP contribution in [-0.2, 0) is 28.7 Å². The molecular formula is C25H56N2O7. The van der Waals surface area contributed by atoms with Crippen LogP contribution in [0.15, 0.2) is 24.6 Å². The molecule has 0 aromatic heterocycles. The quantitative estimate of drug-likeness (QED) is 0.550. The normalized spacial score (nSPS) is 40.1. The highest BCUT2D eigenvalue weighted by molar-refractivity contribution is 6.06. The molecule has 34 heavy (non-hydrogen) atoms. The lowest BCUT2D eigenvalue weighted by Crippen LogP contribution is -2.42. The second-order valence-corrected chi connectivity index (χ2v) is 9.68. The molecule has 0 spiro atoms. The van der Waals surface area contributed by atoms with Crippen molar-refractivity contribution in [2.45, 2.75) is 78.5 Å². The van der Waals surface area contributed by atoms with Crippen LogP contribution in [0.5, 0.6) is 0 Å². The minimum atomic E-state index is -0.376. The molecule has 2 amide bonds. The smallest absolute Gasteiger partial charge is 0.236 e. The van der Waals surface area contributed by atoms with E-state index in [1.165, 1.54) is 23.3 Å². The van der Waals surface area contributed by atoms with Crippen molar-refractivity contribution >= 4 is 23.4 Å². The molecule has 0 radical (unpaired) electrons. The fraction of sp³-hybridized carbons (Fsp3) is 0.680. The maximum atomic E-state index is 11.8. The number of nitrogens with zero attached hydrogens (tertiary/aromatic N) is 2. The number of aliphatic hydroxyl groups is 1. The molecule has 2 saturated heterocycles. The summed E-state index contributed by atoms with van der Waals surface area (Å²) in [6.45, 7) is 10.3. The second-order valence-electron chi connectivity index (χ2n) is 9.68. The summed E-state index contributed by atoms with van der Waals surface area (Å²) in [7, 11) is 0. The van der Waals surface area contributed by atoms with Crippen LogP contribution in [0.2, 0.25) is 0 Å². The first-order valence-electron chi connectivity index (χ1n) is 21.0. The average Bonchev–Trinajstić information content (AvgIpc) is 3.67. The summed E-state index contributed by atoms with van der Waals surface area (Å²) in [5.41, 5.74) is 0. The zero-order valence-electron chi connectivity index (χ0n) is 38.5. The van der Waals surface area contributed by atoms with Crippen molar-refractivity contribution in [1.29, 1.82) is 0 Å². The van der Waals surface area contributed by atoms with Crippen LogP contribution in [0, 0.1) is 23.7 Å². The van der Waals surface area contributed by atoms with E-state index in [0.29, 0.717) is 11.8 Å². The molecule has 4 aliphatic heterocycles. The Kier molecular flexibility index (Phi) is 5.25. The van der Waals surface area contributed by atoms with Crippen LogP contribution in [0.3, 0.4) is 0 Å². The molecule has 4 heterocycles. The van der Waals surface area contributed by atoms with E-state index in [9.17, 15) is 24.3 Å². The summed E-state index contributed by atoms with van der Waals surface area (Å²) < 4.78 is 102. The highest BCUT2D eigenvalue weighted by Crippen LogP contribution is 2.36. The first kappa shape index (κ1) is 16.3. The van der Waals surface area contributed by atoms with Gasteiger partial charge in [-0.05, 0) is 30.4 Å². The van der Waals surface area contributed by atoms with Crippen LogP contribution < -0.4 is 0 Å². The fourth-order valence-electron chi connectivity index (χ4n) is 4.91. The van der Waals surface area contributed by atoms with Gasteiger partial charge in [-0.25, -0.2) is 0 Å². The zero-order valence-corrected chi connectivity index (χ0v) is 20.5. The molecule has 1 N–H and O–H groups in total. The van der Waals surface area contributed by atoms with Gasteiger partial charge >= 0.3 is 0 Å². The van der Waals surface area contributed by atoms with Gasteiger partial charge in [-0.3, -0.25) is 29.0 Å². The van der Waals surface area contributed by atoms with Crippen molar-refractivity contribution in [3.8, 4) is 0 Å². The first-order valence-corrected chi connectivity index (χ1v) is 12.0. The highest BCUT2D eigenvalue weighted by Gasteiger charge is 2.44. The minimum absolute atomic E-state index is 0. The predicted molar refractivity (Wildman–Crippen MR) is 144 cm³/mol. The van der Waals surface area contributed by atoms with Gasteiger partial charge in [-0.2, -0.15) is 0 Å². The molecule has 4 aliphatic rings. The lowest BCUT2D eigenvalue weighted by atomic mass is 9.91. The van der Waals surface area contributed by atoms with E-state index in [2.05, 4.69) is 20.8 Å². The van der Waals surface area contributed by atoms with Crippen LogP contribution in [0.1, 0.15) is 82.0 Å². The molecule has 0 saturated carbocycles. The molecule has 0 aliphatic carbocycles. The van der Waals surface area contributed by atoms with Gasteiger partial charge in [0.1, 0.15) is 12.5 Å². The molecule has 0 bridgehead atoms. The van der Waals surface area contributed by atoms with E-state index >= 15 is 0 Å². The Bertz CT molecular complexity index is 849. The summed E-state index contributed by atoms with van der Waals surface area (Å²) in [6.07, 6.45) is 6.10. The summed E-state index contributed by atoms with van der Waals surface area (Å²) in [5, 5.41) is 9.18. The van der Waals surface area contributed by atoms with Crippen LogP contribution in [0.4, 0.5) is 0 Å². The number of rotatable bonds is 4. The third-order valence-corrected chi connectivity index (χ3v) is 7.56. The van der Waals surface area contributed by atoms with E-state index in [-0.39, 0.29) is 80.8 Å². The molecule has 0 aromatic carbocycles. The van der Waals surface area contributed by atoms with Crippen molar-refractivity contribution in [1.82, 2.24) is 9.80 Å². The van der Waals surface area contributed by atoms with E-state index in [1.54, 1.807) is 11.1 Å². The minimum Gasteiger partial charge on any atom is -0.394 e. The van der Waals surface area contributed by atoms with Crippen molar-refractivity contribution in [2.24, 2.45) is 23.7 Å². The zero-order chi connectivity index (χ0) is 43.2. The molecule has 1 unspecified atom stereocenters. The lowest BCUT2D eigenvalue weighted by molar-refractivity contribution is -0.146. The average molecular weight is 516 g/mol. The highest BCUT2D eigenvalue weighted by atomic mass is 16.5. The Balaban J connectivity index is -0.0000000882. The Morgan fingerprint density at radius 3 is 1.56 bits per heavy atom. The largest absolute Gasteiger partial charge is 0.394 e. The number of ether oxygens (including phenoxy) is 2. The van der Waals surface area contributed by atoms with Crippen molar-refractivity contribution in [3.05, 3.63) is 24.6 Å². The topological polar surface area (TPSA) is 113 Å². The maximum absolute atomic E-state index is 11.8. The number of carbonyl (C=O) groups is 4. The van der Waals surface area contributed by atoms with Gasteiger partial charge in [-0.15, -0.1) is 0 Å². The monoisotopic (exact) mass is 516 g/mol. The SMILES string of the molecule is CC[C@H]1O[C@@H](N2C=CC(=O)CC2=O)C(C)[C@@H]1C.C[C@H]1[C@H](C)[C@@H](CO)O[C@H]1N1C=CC(=O)CC1=O.[2HH].[2H][2H].[2H][2H].[2H][2H].[2H][2H].[2H][2H].[2H][2H].[2H][2H].[2H][2H].[2H][2H]. The van der Waals surface area contributed by atoms with Gasteiger partial charge in [0, 0.05) is 52.4 Å². The summed E-state index contributed by atoms with van der Waals surface area (Å²) in [4.78, 5) is 48.8. The van der Waals surface area contributed by atoms with E-state index in [1.807, 2.05) is 13.8 Å². The standard InChI is InChI=1S/C13H19NO3.C12H17NO4.10H2/c1-4-11-8(2)9(3)13(17-11)14-6-5-10(15)7-12(14)16;1-7-8(2)12(17-10(7)6-14)13-4-3-9(15)5-11(13)16;;;;;;;;;;/h5-6,8-9,11,13H,4,7H2,1-3H3;3-4,7-8,10,12,14H,5-6H2,1-2H3;10*1H/t8-,9?,11+,13+;7-,8-,10+,12+;;;;;;;;;;/m00........../s1/i;;9*1+1D;1+1. The summed E-state index contributed by atoms with van der Waals surface area (Å²) >= 11 is 0. The number of ketones is 2. The molecule has 4 rings (SSSR count). The van der Waals surface area contributed by atoms with Crippen molar-refractivity contribution < 1.29 is 61.9 Å². The maximum Gasteiger partial charge on any atom is 0.236 e. The number of amides is 2. The van der Waals surface area contributed by atoms with Gasteiger partial charge < -0.3 is 14.6 Å². The number of allylic oxidation sites excluding steroid dienone is 2. The molecule has 0 aromatic rings. The molecule has 9 heteroatoms. The van der Waals surface area contributed by atoms with E-state index < -0.39 is 0 Å². The lowest BCUT2D eigenvalue weighted by Gasteiger charge is -2.30. The van der Waals surface area contributed by atoms with Gasteiger partial charge in [0.25, 0.3) is 0 Å².